The molecule has 1 aromatic rings. The van der Waals surface area contributed by atoms with Crippen LogP contribution in [-0.4, -0.2) is 30.6 Å². The van der Waals surface area contributed by atoms with Gasteiger partial charge in [-0.2, -0.15) is 0 Å². The molecule has 0 radical (unpaired) electrons. The van der Waals surface area contributed by atoms with Gasteiger partial charge in [-0.05, 0) is 62.4 Å². The predicted molar refractivity (Wildman–Crippen MR) is 77.4 cm³/mol. The minimum Gasteiger partial charge on any atom is -0.497 e. The van der Waals surface area contributed by atoms with Crippen LogP contribution in [0.4, 0.5) is 0 Å². The number of hydrogen-bond acceptors (Lipinski definition) is 3. The molecule has 3 heteroatoms. The van der Waals surface area contributed by atoms with Gasteiger partial charge in [-0.3, -0.25) is 4.90 Å². The average molecular weight is 260 g/mol. The summed E-state index contributed by atoms with van der Waals surface area (Å²) in [6.07, 6.45) is 4.93. The molecule has 1 aromatic carbocycles. The Kier molecular flexibility index (Phi) is 3.50. The molecule has 1 aliphatic carbocycles. The molecule has 19 heavy (non-hydrogen) atoms. The first-order chi connectivity index (χ1) is 9.20. The van der Waals surface area contributed by atoms with E-state index in [1.54, 1.807) is 7.11 Å². The molecule has 3 nitrogen and oxygen atoms in total. The van der Waals surface area contributed by atoms with Crippen molar-refractivity contribution in [1.82, 2.24) is 4.90 Å². The van der Waals surface area contributed by atoms with Gasteiger partial charge < -0.3 is 10.5 Å². The lowest BCUT2D eigenvalue weighted by atomic mass is 9.83. The SMILES string of the molecule is COc1ccc2c(c1)CCC(N1CCCC1C)C2N. The molecule has 1 aliphatic heterocycles. The van der Waals surface area contributed by atoms with Crippen molar-refractivity contribution in [3.8, 4) is 5.75 Å². The summed E-state index contributed by atoms with van der Waals surface area (Å²) in [7, 11) is 1.72. The summed E-state index contributed by atoms with van der Waals surface area (Å²) in [4.78, 5) is 2.62. The van der Waals surface area contributed by atoms with Crippen LogP contribution < -0.4 is 10.5 Å². The monoisotopic (exact) mass is 260 g/mol. The highest BCUT2D eigenvalue weighted by atomic mass is 16.5. The Hall–Kier alpha value is -1.06. The molecule has 0 saturated carbocycles. The Morgan fingerprint density at radius 1 is 1.32 bits per heavy atom. The van der Waals surface area contributed by atoms with Gasteiger partial charge in [0.2, 0.25) is 0 Å². The molecule has 1 saturated heterocycles. The van der Waals surface area contributed by atoms with Crippen LogP contribution in [0.5, 0.6) is 5.75 Å². The van der Waals surface area contributed by atoms with Gasteiger partial charge in [0.15, 0.2) is 0 Å². The number of nitrogens with two attached hydrogens (primary N) is 1. The molecule has 0 aromatic heterocycles. The molecule has 2 aliphatic rings. The van der Waals surface area contributed by atoms with Crippen LogP contribution in [0.15, 0.2) is 18.2 Å². The second-order valence-electron chi connectivity index (χ2n) is 5.93. The van der Waals surface area contributed by atoms with Crippen LogP contribution in [0.2, 0.25) is 0 Å². The van der Waals surface area contributed by atoms with Crippen LogP contribution in [0.25, 0.3) is 0 Å². The molecule has 0 bridgehead atoms. The molecule has 3 rings (SSSR count). The van der Waals surface area contributed by atoms with Crippen molar-refractivity contribution in [2.24, 2.45) is 5.73 Å². The maximum absolute atomic E-state index is 6.54. The smallest absolute Gasteiger partial charge is 0.119 e. The highest BCUT2D eigenvalue weighted by molar-refractivity contribution is 5.40. The summed E-state index contributed by atoms with van der Waals surface area (Å²) in [5.41, 5.74) is 9.23. The van der Waals surface area contributed by atoms with Gasteiger partial charge in [0.1, 0.15) is 5.75 Å². The Balaban J connectivity index is 1.85. The normalized spacial score (nSPS) is 31.2. The van der Waals surface area contributed by atoms with Crippen LogP contribution in [0, 0.1) is 0 Å². The maximum atomic E-state index is 6.54. The molecular formula is C16H24N2O. The topological polar surface area (TPSA) is 38.5 Å². The van der Waals surface area contributed by atoms with E-state index in [-0.39, 0.29) is 6.04 Å². The minimum absolute atomic E-state index is 0.148. The minimum atomic E-state index is 0.148. The van der Waals surface area contributed by atoms with E-state index in [2.05, 4.69) is 24.0 Å². The summed E-state index contributed by atoms with van der Waals surface area (Å²) in [6, 6.07) is 7.70. The van der Waals surface area contributed by atoms with Crippen molar-refractivity contribution in [3.63, 3.8) is 0 Å². The molecule has 1 heterocycles. The lowest BCUT2D eigenvalue weighted by Gasteiger charge is -2.39. The van der Waals surface area contributed by atoms with E-state index in [9.17, 15) is 0 Å². The molecular weight excluding hydrogens is 236 g/mol. The average Bonchev–Trinajstić information content (AvgIpc) is 2.85. The third-order valence-corrected chi connectivity index (χ3v) is 4.86. The van der Waals surface area contributed by atoms with E-state index >= 15 is 0 Å². The number of rotatable bonds is 2. The van der Waals surface area contributed by atoms with E-state index in [0.29, 0.717) is 12.1 Å². The first kappa shape index (κ1) is 12.9. The predicted octanol–water partition coefficient (Wildman–Crippen LogP) is 2.49. The van der Waals surface area contributed by atoms with Crippen molar-refractivity contribution < 1.29 is 4.74 Å². The fourth-order valence-corrected chi connectivity index (χ4v) is 3.76. The van der Waals surface area contributed by atoms with Crippen LogP contribution in [0.1, 0.15) is 43.4 Å². The van der Waals surface area contributed by atoms with Gasteiger partial charge in [0.05, 0.1) is 7.11 Å². The number of ether oxygens (including phenoxy) is 1. The van der Waals surface area contributed by atoms with Crippen LogP contribution in [-0.2, 0) is 6.42 Å². The quantitative estimate of drug-likeness (QED) is 0.888. The third-order valence-electron chi connectivity index (χ3n) is 4.86. The number of methoxy groups -OCH3 is 1. The van der Waals surface area contributed by atoms with Gasteiger partial charge >= 0.3 is 0 Å². The highest BCUT2D eigenvalue weighted by Gasteiger charge is 2.35. The Morgan fingerprint density at radius 3 is 2.84 bits per heavy atom. The maximum Gasteiger partial charge on any atom is 0.119 e. The Labute approximate surface area is 115 Å². The largest absolute Gasteiger partial charge is 0.497 e. The number of likely N-dealkylation sites (tertiary alicyclic amines) is 1. The molecule has 0 amide bonds. The van der Waals surface area contributed by atoms with Crippen molar-refractivity contribution in [2.45, 2.75) is 50.7 Å². The first-order valence-corrected chi connectivity index (χ1v) is 7.39. The third kappa shape index (κ3) is 2.26. The van der Waals surface area contributed by atoms with E-state index in [4.69, 9.17) is 10.5 Å². The van der Waals surface area contributed by atoms with Gasteiger partial charge in [0.25, 0.3) is 0 Å². The zero-order valence-corrected chi connectivity index (χ0v) is 11.9. The summed E-state index contributed by atoms with van der Waals surface area (Å²) >= 11 is 0. The second-order valence-corrected chi connectivity index (χ2v) is 5.93. The first-order valence-electron chi connectivity index (χ1n) is 7.39. The van der Waals surface area contributed by atoms with E-state index in [0.717, 1.165) is 12.2 Å². The molecule has 104 valence electrons. The zero-order chi connectivity index (χ0) is 13.4. The van der Waals surface area contributed by atoms with Crippen molar-refractivity contribution in [3.05, 3.63) is 29.3 Å². The molecule has 2 N–H and O–H groups in total. The zero-order valence-electron chi connectivity index (χ0n) is 11.9. The lowest BCUT2D eigenvalue weighted by Crippen LogP contribution is -2.46. The summed E-state index contributed by atoms with van der Waals surface area (Å²) < 4.78 is 5.31. The Bertz CT molecular complexity index is 460. The van der Waals surface area contributed by atoms with Gasteiger partial charge in [-0.15, -0.1) is 0 Å². The lowest BCUT2D eigenvalue weighted by molar-refractivity contribution is 0.149. The number of benzene rings is 1. The van der Waals surface area contributed by atoms with Gasteiger partial charge in [-0.1, -0.05) is 6.07 Å². The number of fused-ring (bicyclic) bond motifs is 1. The number of hydrogen-bond donors (Lipinski definition) is 1. The number of aryl methyl sites for hydroxylation is 1. The number of nitrogens with zero attached hydrogens (tertiary/aromatic N) is 1. The fourth-order valence-electron chi connectivity index (χ4n) is 3.76. The second kappa shape index (κ2) is 5.14. The van der Waals surface area contributed by atoms with E-state index < -0.39 is 0 Å². The summed E-state index contributed by atoms with van der Waals surface area (Å²) in [5.74, 6) is 0.943. The molecule has 1 fully saturated rings. The van der Waals surface area contributed by atoms with Gasteiger partial charge in [0, 0.05) is 18.1 Å². The molecule has 3 atom stereocenters. The van der Waals surface area contributed by atoms with Crippen molar-refractivity contribution >= 4 is 0 Å². The van der Waals surface area contributed by atoms with Crippen LogP contribution in [0.3, 0.4) is 0 Å². The fraction of sp³-hybridized carbons (Fsp3) is 0.625. The summed E-state index contributed by atoms with van der Waals surface area (Å²) in [5, 5.41) is 0. The Morgan fingerprint density at radius 2 is 2.16 bits per heavy atom. The molecule has 0 spiro atoms. The van der Waals surface area contributed by atoms with E-state index in [1.807, 2.05) is 6.07 Å². The van der Waals surface area contributed by atoms with Crippen molar-refractivity contribution in [2.75, 3.05) is 13.7 Å². The summed E-state index contributed by atoms with van der Waals surface area (Å²) in [6.45, 7) is 3.55. The van der Waals surface area contributed by atoms with E-state index in [1.165, 1.54) is 36.9 Å². The molecule has 3 unspecified atom stereocenters. The van der Waals surface area contributed by atoms with Crippen molar-refractivity contribution in [1.29, 1.82) is 0 Å². The highest BCUT2D eigenvalue weighted by Crippen LogP contribution is 2.36. The van der Waals surface area contributed by atoms with Crippen LogP contribution >= 0.6 is 0 Å². The van der Waals surface area contributed by atoms with Gasteiger partial charge in [-0.25, -0.2) is 0 Å². The standard InChI is InChI=1S/C16H24N2O/c1-11-4-3-9-18(11)15-8-5-12-10-13(19-2)6-7-14(12)16(15)17/h6-7,10-11,15-16H,3-5,8-9,17H2,1-2H3.